The van der Waals surface area contributed by atoms with Crippen LogP contribution in [0.25, 0.3) is 0 Å². The lowest BCUT2D eigenvalue weighted by atomic mass is 9.89. The highest BCUT2D eigenvalue weighted by Gasteiger charge is 2.44. The molecule has 2 aromatic carbocycles. The summed E-state index contributed by atoms with van der Waals surface area (Å²) in [5.41, 5.74) is 2.22. The highest BCUT2D eigenvalue weighted by molar-refractivity contribution is 9.10. The van der Waals surface area contributed by atoms with E-state index in [1.165, 1.54) is 0 Å². The number of rotatable bonds is 3. The van der Waals surface area contributed by atoms with Crippen molar-refractivity contribution in [3.05, 3.63) is 80.3 Å². The number of hydrogen-bond donors (Lipinski definition) is 0. The van der Waals surface area contributed by atoms with Crippen molar-refractivity contribution >= 4 is 21.6 Å². The molecular weight excluding hydrogens is 336 g/mol. The minimum atomic E-state index is -1.19. The van der Waals surface area contributed by atoms with E-state index in [2.05, 4.69) is 21.1 Å². The molecule has 1 aliphatic rings. The lowest BCUT2D eigenvalue weighted by Gasteiger charge is -2.13. The highest BCUT2D eigenvalue weighted by atomic mass is 79.9. The summed E-state index contributed by atoms with van der Waals surface area (Å²) >= 11 is 3.36. The first-order chi connectivity index (χ1) is 10.2. The second kappa shape index (κ2) is 5.65. The minimum Gasteiger partial charge on any atom is -0.320 e. The number of hydrogen-bond acceptors (Lipinski definition) is 4. The van der Waals surface area contributed by atoms with Crippen LogP contribution >= 0.6 is 15.9 Å². The molecule has 0 saturated heterocycles. The van der Waals surface area contributed by atoms with E-state index < -0.39 is 17.1 Å². The quantitative estimate of drug-likeness (QED) is 0.630. The van der Waals surface area contributed by atoms with Gasteiger partial charge in [0.25, 0.3) is 0 Å². The van der Waals surface area contributed by atoms with Crippen LogP contribution in [0, 0.1) is 10.1 Å². The summed E-state index contributed by atoms with van der Waals surface area (Å²) < 4.78 is 0.918. The molecule has 3 rings (SSSR count). The van der Waals surface area contributed by atoms with Crippen molar-refractivity contribution in [1.82, 2.24) is 0 Å². The molecule has 0 N–H and O–H groups in total. The van der Waals surface area contributed by atoms with Gasteiger partial charge in [0, 0.05) is 10.0 Å². The fourth-order valence-electron chi connectivity index (χ4n) is 2.36. The molecule has 0 bridgehead atoms. The molecule has 0 aromatic heterocycles. The Morgan fingerprint density at radius 1 is 1.10 bits per heavy atom. The molecular formula is C15H11BrN2O3. The summed E-state index contributed by atoms with van der Waals surface area (Å²) in [6, 6.07) is 16.8. The van der Waals surface area contributed by atoms with E-state index in [-0.39, 0.29) is 0 Å². The third kappa shape index (κ3) is 2.67. The van der Waals surface area contributed by atoms with E-state index in [1.807, 2.05) is 54.6 Å². The second-order valence-electron chi connectivity index (χ2n) is 4.65. The van der Waals surface area contributed by atoms with E-state index in [9.17, 15) is 10.1 Å². The van der Waals surface area contributed by atoms with Crippen molar-refractivity contribution < 1.29 is 9.76 Å². The monoisotopic (exact) mass is 346 g/mol. The summed E-state index contributed by atoms with van der Waals surface area (Å²) in [5.74, 6) is -0.518. The van der Waals surface area contributed by atoms with Crippen LogP contribution < -0.4 is 0 Å². The third-order valence-corrected chi connectivity index (χ3v) is 3.87. The van der Waals surface area contributed by atoms with Crippen LogP contribution in [0.4, 0.5) is 0 Å². The average Bonchev–Trinajstić information content (AvgIpc) is 2.94. The number of benzene rings is 2. The molecule has 21 heavy (non-hydrogen) atoms. The standard InChI is InChI=1S/C15H11BrN2O3/c16-12-8-6-10(7-9-12)13-14(11-4-2-1-3-5-11)17-21-15(13)18(19)20/h1-9,13,15H/t13-,15-/m0/s1. The molecule has 5 nitrogen and oxygen atoms in total. The van der Waals surface area contributed by atoms with Crippen molar-refractivity contribution in [2.75, 3.05) is 0 Å². The molecule has 1 heterocycles. The Hall–Kier alpha value is -2.21. The SMILES string of the molecule is O=[N+]([O-])[C@H]1ON=C(c2ccccc2)[C@@H]1c1ccc(Br)cc1. The Morgan fingerprint density at radius 3 is 2.38 bits per heavy atom. The molecule has 106 valence electrons. The molecule has 0 fully saturated rings. The summed E-state index contributed by atoms with van der Waals surface area (Å²) in [6.07, 6.45) is -1.19. The summed E-state index contributed by atoms with van der Waals surface area (Å²) in [6.45, 7) is 0. The van der Waals surface area contributed by atoms with Crippen LogP contribution in [0.2, 0.25) is 0 Å². The van der Waals surface area contributed by atoms with Gasteiger partial charge in [-0.25, -0.2) is 0 Å². The first kappa shape index (κ1) is 13.8. The first-order valence-corrected chi connectivity index (χ1v) is 7.14. The maximum absolute atomic E-state index is 11.2. The van der Waals surface area contributed by atoms with Crippen LogP contribution in [-0.4, -0.2) is 16.9 Å². The van der Waals surface area contributed by atoms with Gasteiger partial charge < -0.3 is 4.84 Å². The normalized spacial score (nSPS) is 20.7. The van der Waals surface area contributed by atoms with E-state index in [4.69, 9.17) is 4.84 Å². The van der Waals surface area contributed by atoms with Gasteiger partial charge in [0.2, 0.25) is 0 Å². The fourth-order valence-corrected chi connectivity index (χ4v) is 2.62. The van der Waals surface area contributed by atoms with Crippen LogP contribution in [0.15, 0.2) is 64.2 Å². The first-order valence-electron chi connectivity index (χ1n) is 6.35. The fraction of sp³-hybridized carbons (Fsp3) is 0.133. The smallest absolute Gasteiger partial charge is 0.320 e. The Kier molecular flexibility index (Phi) is 3.70. The number of halogens is 1. The van der Waals surface area contributed by atoms with Crippen LogP contribution in [0.1, 0.15) is 17.0 Å². The zero-order chi connectivity index (χ0) is 14.8. The lowest BCUT2D eigenvalue weighted by molar-refractivity contribution is -0.574. The molecule has 0 amide bonds. The molecule has 2 aromatic rings. The van der Waals surface area contributed by atoms with Crippen molar-refractivity contribution in [2.24, 2.45) is 5.16 Å². The van der Waals surface area contributed by atoms with Gasteiger partial charge in [-0.15, -0.1) is 0 Å². The van der Waals surface area contributed by atoms with Gasteiger partial charge in [-0.1, -0.05) is 63.6 Å². The Bertz CT molecular complexity index is 686. The van der Waals surface area contributed by atoms with Crippen LogP contribution in [-0.2, 0) is 4.84 Å². The summed E-state index contributed by atoms with van der Waals surface area (Å²) in [7, 11) is 0. The molecule has 6 heteroatoms. The summed E-state index contributed by atoms with van der Waals surface area (Å²) in [4.78, 5) is 15.8. The molecule has 2 atom stereocenters. The van der Waals surface area contributed by atoms with Crippen molar-refractivity contribution in [3.63, 3.8) is 0 Å². The molecule has 0 aliphatic carbocycles. The van der Waals surface area contributed by atoms with E-state index in [1.54, 1.807) is 0 Å². The van der Waals surface area contributed by atoms with E-state index >= 15 is 0 Å². The van der Waals surface area contributed by atoms with Crippen LogP contribution in [0.5, 0.6) is 0 Å². The van der Waals surface area contributed by atoms with E-state index in [0.29, 0.717) is 5.71 Å². The highest BCUT2D eigenvalue weighted by Crippen LogP contribution is 2.33. The predicted octanol–water partition coefficient (Wildman–Crippen LogP) is 3.57. The molecule has 0 unspecified atom stereocenters. The van der Waals surface area contributed by atoms with Gasteiger partial charge in [-0.05, 0) is 17.7 Å². The predicted molar refractivity (Wildman–Crippen MR) is 81.7 cm³/mol. The van der Waals surface area contributed by atoms with E-state index in [0.717, 1.165) is 15.6 Å². The van der Waals surface area contributed by atoms with Gasteiger partial charge >= 0.3 is 6.23 Å². The van der Waals surface area contributed by atoms with Crippen LogP contribution in [0.3, 0.4) is 0 Å². The molecule has 0 saturated carbocycles. The topological polar surface area (TPSA) is 64.7 Å². The Balaban J connectivity index is 2.04. The number of nitrogens with zero attached hydrogens (tertiary/aromatic N) is 2. The molecule has 1 aliphatic heterocycles. The van der Waals surface area contributed by atoms with Crippen molar-refractivity contribution in [3.8, 4) is 0 Å². The van der Waals surface area contributed by atoms with Crippen molar-refractivity contribution in [2.45, 2.75) is 12.1 Å². The largest absolute Gasteiger partial charge is 0.387 e. The molecule has 0 spiro atoms. The van der Waals surface area contributed by atoms with Gasteiger partial charge in [0.05, 0.1) is 4.92 Å². The Labute approximate surface area is 129 Å². The van der Waals surface area contributed by atoms with Gasteiger partial charge in [0.1, 0.15) is 11.6 Å². The Morgan fingerprint density at radius 2 is 1.76 bits per heavy atom. The summed E-state index contributed by atoms with van der Waals surface area (Å²) in [5, 5.41) is 15.2. The van der Waals surface area contributed by atoms with Gasteiger partial charge in [-0.3, -0.25) is 10.1 Å². The maximum Gasteiger partial charge on any atom is 0.387 e. The number of oxime groups is 1. The third-order valence-electron chi connectivity index (χ3n) is 3.35. The number of nitro groups is 1. The average molecular weight is 347 g/mol. The minimum absolute atomic E-state index is 0.438. The van der Waals surface area contributed by atoms with Crippen molar-refractivity contribution in [1.29, 1.82) is 0 Å². The van der Waals surface area contributed by atoms with Gasteiger partial charge in [-0.2, -0.15) is 0 Å². The molecule has 0 radical (unpaired) electrons. The zero-order valence-electron chi connectivity index (χ0n) is 10.8. The van der Waals surface area contributed by atoms with Gasteiger partial charge in [0.15, 0.2) is 0 Å². The maximum atomic E-state index is 11.2. The second-order valence-corrected chi connectivity index (χ2v) is 5.57. The lowest BCUT2D eigenvalue weighted by Crippen LogP contribution is -2.29. The zero-order valence-corrected chi connectivity index (χ0v) is 12.4.